The van der Waals surface area contributed by atoms with Crippen molar-refractivity contribution in [2.24, 2.45) is 0 Å². The molecule has 0 aliphatic rings. The Balaban J connectivity index is 2.52. The summed E-state index contributed by atoms with van der Waals surface area (Å²) in [6.45, 7) is 6.34. The van der Waals surface area contributed by atoms with Gasteiger partial charge in [0, 0.05) is 0 Å². The number of unbranched alkanes of at least 4 members (excludes halogenated alkanes) is 1. The Morgan fingerprint density at radius 3 is 2.15 bits per heavy atom. The molecule has 114 valence electrons. The second-order valence-corrected chi connectivity index (χ2v) is 5.91. The molecule has 0 heterocycles. The maximum Gasteiger partial charge on any atom is 0.0804 e. The zero-order valence-corrected chi connectivity index (χ0v) is 13.2. The molecule has 0 aromatic heterocycles. The van der Waals surface area contributed by atoms with Crippen LogP contribution in [0.25, 0.3) is 0 Å². The fraction of sp³-hybridized carbons (Fsp3) is 0.667. The van der Waals surface area contributed by atoms with Gasteiger partial charge < -0.3 is 10.2 Å². The van der Waals surface area contributed by atoms with Crippen LogP contribution in [0, 0.1) is 0 Å². The topological polar surface area (TPSA) is 40.5 Å². The minimum atomic E-state index is -0.621. The van der Waals surface area contributed by atoms with Crippen LogP contribution in [0.15, 0.2) is 24.3 Å². The van der Waals surface area contributed by atoms with E-state index in [0.29, 0.717) is 12.8 Å². The first-order valence-electron chi connectivity index (χ1n) is 8.03. The maximum atomic E-state index is 10.0. The van der Waals surface area contributed by atoms with E-state index < -0.39 is 12.2 Å². The summed E-state index contributed by atoms with van der Waals surface area (Å²) < 4.78 is 0. The highest BCUT2D eigenvalue weighted by molar-refractivity contribution is 5.25. The fourth-order valence-electron chi connectivity index (χ4n) is 2.54. The smallest absolute Gasteiger partial charge is 0.0804 e. The van der Waals surface area contributed by atoms with Crippen LogP contribution in [0.4, 0.5) is 0 Å². The van der Waals surface area contributed by atoms with Gasteiger partial charge in [-0.2, -0.15) is 0 Å². The van der Waals surface area contributed by atoms with Crippen LogP contribution in [0.2, 0.25) is 0 Å². The van der Waals surface area contributed by atoms with Crippen molar-refractivity contribution < 1.29 is 10.2 Å². The van der Waals surface area contributed by atoms with E-state index in [-0.39, 0.29) is 5.92 Å². The predicted octanol–water partition coefficient (Wildman–Crippen LogP) is 4.04. The summed E-state index contributed by atoms with van der Waals surface area (Å²) in [5, 5.41) is 19.8. The van der Waals surface area contributed by atoms with Gasteiger partial charge in [-0.05, 0) is 42.7 Å². The van der Waals surface area contributed by atoms with Crippen molar-refractivity contribution in [3.63, 3.8) is 0 Å². The van der Waals surface area contributed by atoms with Gasteiger partial charge in [0.2, 0.25) is 0 Å². The summed E-state index contributed by atoms with van der Waals surface area (Å²) in [4.78, 5) is 0. The number of hydrogen-bond donors (Lipinski definition) is 2. The molecule has 2 heteroatoms. The van der Waals surface area contributed by atoms with Crippen molar-refractivity contribution in [2.45, 2.75) is 77.4 Å². The predicted molar refractivity (Wildman–Crippen MR) is 85.0 cm³/mol. The minimum Gasteiger partial charge on any atom is -0.390 e. The van der Waals surface area contributed by atoms with Gasteiger partial charge in [-0.1, -0.05) is 57.9 Å². The van der Waals surface area contributed by atoms with Crippen LogP contribution < -0.4 is 0 Å². The Hall–Kier alpha value is -0.860. The highest BCUT2D eigenvalue weighted by Crippen LogP contribution is 2.23. The van der Waals surface area contributed by atoms with Gasteiger partial charge in [0.05, 0.1) is 12.2 Å². The molecule has 2 nitrogen and oxygen atoms in total. The van der Waals surface area contributed by atoms with E-state index in [4.69, 9.17) is 0 Å². The monoisotopic (exact) mass is 278 g/mol. The van der Waals surface area contributed by atoms with E-state index in [2.05, 4.69) is 38.1 Å². The van der Waals surface area contributed by atoms with Crippen molar-refractivity contribution in [1.29, 1.82) is 0 Å². The molecule has 0 aliphatic carbocycles. The summed E-state index contributed by atoms with van der Waals surface area (Å²) in [5.74, 6) is 0.275. The van der Waals surface area contributed by atoms with Crippen LogP contribution in [0.5, 0.6) is 0 Å². The van der Waals surface area contributed by atoms with Gasteiger partial charge in [-0.3, -0.25) is 0 Å². The second-order valence-electron chi connectivity index (χ2n) is 5.91. The normalized spacial score (nSPS) is 15.8. The molecule has 3 unspecified atom stereocenters. The fourth-order valence-corrected chi connectivity index (χ4v) is 2.54. The van der Waals surface area contributed by atoms with E-state index in [0.717, 1.165) is 12.8 Å². The lowest BCUT2D eigenvalue weighted by Gasteiger charge is -2.21. The molecule has 0 amide bonds. The number of aliphatic hydroxyl groups excluding tert-OH is 2. The summed E-state index contributed by atoms with van der Waals surface area (Å²) in [5.41, 5.74) is 2.63. The van der Waals surface area contributed by atoms with Crippen LogP contribution in [0.1, 0.15) is 69.9 Å². The zero-order chi connectivity index (χ0) is 15.0. The lowest BCUT2D eigenvalue weighted by atomic mass is 9.91. The maximum absolute atomic E-state index is 10.0. The molecule has 0 saturated heterocycles. The third-order valence-electron chi connectivity index (χ3n) is 3.99. The molecule has 1 rings (SSSR count). The Kier molecular flexibility index (Phi) is 7.86. The van der Waals surface area contributed by atoms with Gasteiger partial charge >= 0.3 is 0 Å². The van der Waals surface area contributed by atoms with E-state index in [1.165, 1.54) is 24.0 Å². The zero-order valence-electron chi connectivity index (χ0n) is 13.2. The molecular weight excluding hydrogens is 248 g/mol. The molecule has 1 aromatic carbocycles. The average Bonchev–Trinajstić information content (AvgIpc) is 2.45. The summed E-state index contributed by atoms with van der Waals surface area (Å²) in [7, 11) is 0. The third kappa shape index (κ3) is 5.64. The Bertz CT molecular complexity index is 358. The first-order valence-corrected chi connectivity index (χ1v) is 8.03. The Morgan fingerprint density at radius 1 is 0.950 bits per heavy atom. The van der Waals surface area contributed by atoms with Gasteiger partial charge in [-0.15, -0.1) is 0 Å². The lowest BCUT2D eigenvalue weighted by Crippen LogP contribution is -2.27. The molecule has 1 aromatic rings. The largest absolute Gasteiger partial charge is 0.390 e. The molecule has 20 heavy (non-hydrogen) atoms. The average molecular weight is 278 g/mol. The molecule has 3 atom stereocenters. The van der Waals surface area contributed by atoms with Gasteiger partial charge in [0.25, 0.3) is 0 Å². The van der Waals surface area contributed by atoms with Crippen LogP contribution in [-0.4, -0.2) is 22.4 Å². The number of rotatable bonds is 9. The van der Waals surface area contributed by atoms with E-state index in [9.17, 15) is 10.2 Å². The van der Waals surface area contributed by atoms with Gasteiger partial charge in [0.15, 0.2) is 0 Å². The number of aliphatic hydroxyl groups is 2. The quantitative estimate of drug-likeness (QED) is 0.715. The van der Waals surface area contributed by atoms with Crippen molar-refractivity contribution in [2.75, 3.05) is 0 Å². The number of benzene rings is 1. The highest BCUT2D eigenvalue weighted by Gasteiger charge is 2.19. The standard InChI is InChI=1S/C18H30O2/c1-4-6-8-15-9-11-16(12-10-15)14(3)13-18(20)17(19)7-5-2/h9-12,14,17-20H,4-8,13H2,1-3H3. The van der Waals surface area contributed by atoms with Gasteiger partial charge in [-0.25, -0.2) is 0 Å². The van der Waals surface area contributed by atoms with Crippen LogP contribution in [0.3, 0.4) is 0 Å². The number of aryl methyl sites for hydroxylation is 1. The lowest BCUT2D eigenvalue weighted by molar-refractivity contribution is 0.00638. The number of hydrogen-bond acceptors (Lipinski definition) is 2. The molecule has 0 radical (unpaired) electrons. The van der Waals surface area contributed by atoms with Crippen molar-refractivity contribution >= 4 is 0 Å². The molecule has 2 N–H and O–H groups in total. The molecule has 0 spiro atoms. The first kappa shape index (κ1) is 17.2. The molecule has 0 aliphatic heterocycles. The minimum absolute atomic E-state index is 0.275. The third-order valence-corrected chi connectivity index (χ3v) is 3.99. The van der Waals surface area contributed by atoms with E-state index in [1.807, 2.05) is 6.92 Å². The summed E-state index contributed by atoms with van der Waals surface area (Å²) in [6.07, 6.45) is 4.58. The molecular formula is C18H30O2. The Labute approximate surface area is 123 Å². The van der Waals surface area contributed by atoms with Crippen LogP contribution in [-0.2, 0) is 6.42 Å². The Morgan fingerprint density at radius 2 is 1.60 bits per heavy atom. The first-order chi connectivity index (χ1) is 9.58. The van der Waals surface area contributed by atoms with E-state index >= 15 is 0 Å². The van der Waals surface area contributed by atoms with Gasteiger partial charge in [0.1, 0.15) is 0 Å². The van der Waals surface area contributed by atoms with Crippen molar-refractivity contribution in [3.05, 3.63) is 35.4 Å². The van der Waals surface area contributed by atoms with Crippen molar-refractivity contribution in [3.8, 4) is 0 Å². The molecule has 0 fully saturated rings. The highest BCUT2D eigenvalue weighted by atomic mass is 16.3. The summed E-state index contributed by atoms with van der Waals surface area (Å²) in [6, 6.07) is 8.70. The molecule has 0 saturated carbocycles. The molecule has 0 bridgehead atoms. The SMILES string of the molecule is CCCCc1ccc(C(C)CC(O)C(O)CCC)cc1. The second kappa shape index (κ2) is 9.15. The summed E-state index contributed by atoms with van der Waals surface area (Å²) >= 11 is 0. The van der Waals surface area contributed by atoms with Crippen LogP contribution >= 0.6 is 0 Å². The van der Waals surface area contributed by atoms with E-state index in [1.54, 1.807) is 0 Å². The van der Waals surface area contributed by atoms with Crippen molar-refractivity contribution in [1.82, 2.24) is 0 Å².